The maximum atomic E-state index is 11.6. The molecule has 18 heavy (non-hydrogen) atoms. The molecule has 0 aromatic heterocycles. The van der Waals surface area contributed by atoms with E-state index in [0.717, 1.165) is 0 Å². The Hall–Kier alpha value is -2.37. The summed E-state index contributed by atoms with van der Waals surface area (Å²) in [5.41, 5.74) is 5.82. The molecule has 96 valence electrons. The second-order valence-corrected chi connectivity index (χ2v) is 3.71. The molecule has 0 radical (unpaired) electrons. The molecule has 1 aromatic carbocycles. The van der Waals surface area contributed by atoms with E-state index in [1.54, 1.807) is 12.1 Å². The van der Waals surface area contributed by atoms with Crippen LogP contribution < -0.4 is 11.1 Å². The van der Waals surface area contributed by atoms with Crippen LogP contribution in [0.2, 0.25) is 0 Å². The van der Waals surface area contributed by atoms with Crippen LogP contribution in [0.1, 0.15) is 24.2 Å². The Morgan fingerprint density at radius 1 is 1.22 bits per heavy atom. The highest BCUT2D eigenvalue weighted by Crippen LogP contribution is 2.11. The van der Waals surface area contributed by atoms with Gasteiger partial charge in [0.2, 0.25) is 5.91 Å². The average Bonchev–Trinajstić information content (AvgIpc) is 2.28. The standard InChI is InChI=1S/C12H14N2O4/c1-7(11(13)16)18-12(17)9-3-5-10(6-4-9)14-8(2)15/h3-7H,1-2H3,(H2,13,16)(H,14,15). The van der Waals surface area contributed by atoms with Gasteiger partial charge in [-0.1, -0.05) is 0 Å². The number of benzene rings is 1. The molecule has 6 heteroatoms. The van der Waals surface area contributed by atoms with Gasteiger partial charge in [0.05, 0.1) is 5.56 Å². The van der Waals surface area contributed by atoms with Crippen molar-refractivity contribution in [3.8, 4) is 0 Å². The molecule has 0 heterocycles. The van der Waals surface area contributed by atoms with Crippen LogP contribution in [0.4, 0.5) is 5.69 Å². The number of esters is 1. The van der Waals surface area contributed by atoms with Crippen LogP contribution in [-0.2, 0) is 14.3 Å². The maximum absolute atomic E-state index is 11.6. The Balaban J connectivity index is 2.70. The van der Waals surface area contributed by atoms with Gasteiger partial charge in [0, 0.05) is 12.6 Å². The second kappa shape index (κ2) is 5.81. The summed E-state index contributed by atoms with van der Waals surface area (Å²) < 4.78 is 4.82. The van der Waals surface area contributed by atoms with Crippen LogP contribution in [0.3, 0.4) is 0 Å². The summed E-state index contributed by atoms with van der Waals surface area (Å²) in [6.07, 6.45) is -0.979. The highest BCUT2D eigenvalue weighted by molar-refractivity contribution is 5.93. The largest absolute Gasteiger partial charge is 0.449 e. The van der Waals surface area contributed by atoms with Crippen molar-refractivity contribution in [3.63, 3.8) is 0 Å². The number of primary amides is 1. The van der Waals surface area contributed by atoms with Gasteiger partial charge < -0.3 is 15.8 Å². The molecule has 2 amide bonds. The topological polar surface area (TPSA) is 98.5 Å². The number of amides is 2. The highest BCUT2D eigenvalue weighted by atomic mass is 16.5. The van der Waals surface area contributed by atoms with Crippen molar-refractivity contribution in [2.45, 2.75) is 20.0 Å². The molecule has 0 spiro atoms. The Morgan fingerprint density at radius 3 is 2.22 bits per heavy atom. The first-order valence-electron chi connectivity index (χ1n) is 5.28. The van der Waals surface area contributed by atoms with Gasteiger partial charge in [0.1, 0.15) is 0 Å². The van der Waals surface area contributed by atoms with E-state index in [0.29, 0.717) is 5.69 Å². The van der Waals surface area contributed by atoms with Crippen molar-refractivity contribution in [2.24, 2.45) is 5.73 Å². The molecule has 1 atom stereocenters. The molecule has 0 aliphatic heterocycles. The predicted octanol–water partition coefficient (Wildman–Crippen LogP) is 0.676. The van der Waals surface area contributed by atoms with Crippen molar-refractivity contribution >= 4 is 23.5 Å². The minimum absolute atomic E-state index is 0.201. The molecule has 0 bridgehead atoms. The maximum Gasteiger partial charge on any atom is 0.338 e. The van der Waals surface area contributed by atoms with Gasteiger partial charge in [-0.15, -0.1) is 0 Å². The highest BCUT2D eigenvalue weighted by Gasteiger charge is 2.15. The number of hydrogen-bond donors (Lipinski definition) is 2. The molecule has 1 aromatic rings. The van der Waals surface area contributed by atoms with Crippen LogP contribution in [0.25, 0.3) is 0 Å². The van der Waals surface area contributed by atoms with Gasteiger partial charge >= 0.3 is 5.97 Å². The van der Waals surface area contributed by atoms with Crippen molar-refractivity contribution in [1.82, 2.24) is 0 Å². The summed E-state index contributed by atoms with van der Waals surface area (Å²) in [5.74, 6) is -1.55. The number of hydrogen-bond acceptors (Lipinski definition) is 4. The number of carbonyl (C=O) groups excluding carboxylic acids is 3. The summed E-state index contributed by atoms with van der Waals surface area (Å²) in [6.45, 7) is 2.78. The van der Waals surface area contributed by atoms with Crippen molar-refractivity contribution < 1.29 is 19.1 Å². The van der Waals surface area contributed by atoms with Crippen molar-refractivity contribution in [1.29, 1.82) is 0 Å². The van der Waals surface area contributed by atoms with Crippen molar-refractivity contribution in [2.75, 3.05) is 5.32 Å². The fourth-order valence-electron chi connectivity index (χ4n) is 1.18. The van der Waals surface area contributed by atoms with Gasteiger partial charge in [-0.05, 0) is 31.2 Å². The van der Waals surface area contributed by atoms with E-state index in [2.05, 4.69) is 5.32 Å². The van der Waals surface area contributed by atoms with Gasteiger partial charge in [-0.3, -0.25) is 9.59 Å². The average molecular weight is 250 g/mol. The van der Waals surface area contributed by atoms with E-state index >= 15 is 0 Å². The Bertz CT molecular complexity index is 467. The Morgan fingerprint density at radius 2 is 1.78 bits per heavy atom. The molecular formula is C12H14N2O4. The SMILES string of the molecule is CC(=O)Nc1ccc(C(=O)OC(C)C(N)=O)cc1. The van der Waals surface area contributed by atoms with Crippen LogP contribution in [0.15, 0.2) is 24.3 Å². The lowest BCUT2D eigenvalue weighted by Crippen LogP contribution is -2.30. The van der Waals surface area contributed by atoms with Crippen LogP contribution in [0.5, 0.6) is 0 Å². The molecule has 0 aliphatic carbocycles. The lowest BCUT2D eigenvalue weighted by atomic mass is 10.2. The zero-order chi connectivity index (χ0) is 13.7. The third kappa shape index (κ3) is 3.89. The first-order chi connectivity index (χ1) is 8.40. The zero-order valence-corrected chi connectivity index (χ0v) is 10.1. The number of rotatable bonds is 4. The molecule has 1 unspecified atom stereocenters. The Labute approximate surface area is 104 Å². The number of nitrogens with two attached hydrogens (primary N) is 1. The summed E-state index contributed by atoms with van der Waals surface area (Å²) in [5, 5.41) is 2.56. The fourth-order valence-corrected chi connectivity index (χ4v) is 1.18. The third-order valence-electron chi connectivity index (χ3n) is 2.13. The van der Waals surface area contributed by atoms with Crippen LogP contribution in [0, 0.1) is 0 Å². The fraction of sp³-hybridized carbons (Fsp3) is 0.250. The van der Waals surface area contributed by atoms with E-state index in [9.17, 15) is 14.4 Å². The minimum Gasteiger partial charge on any atom is -0.449 e. The van der Waals surface area contributed by atoms with Crippen LogP contribution in [-0.4, -0.2) is 23.9 Å². The molecule has 0 fully saturated rings. The predicted molar refractivity (Wildman–Crippen MR) is 64.8 cm³/mol. The second-order valence-electron chi connectivity index (χ2n) is 3.71. The lowest BCUT2D eigenvalue weighted by molar-refractivity contribution is -0.125. The number of carbonyl (C=O) groups is 3. The number of nitrogens with one attached hydrogen (secondary N) is 1. The summed E-state index contributed by atoms with van der Waals surface area (Å²) in [4.78, 5) is 33.1. The van der Waals surface area contributed by atoms with Gasteiger partial charge in [-0.2, -0.15) is 0 Å². The first-order valence-corrected chi connectivity index (χ1v) is 5.28. The summed E-state index contributed by atoms with van der Waals surface area (Å²) >= 11 is 0. The monoisotopic (exact) mass is 250 g/mol. The lowest BCUT2D eigenvalue weighted by Gasteiger charge is -2.09. The van der Waals surface area contributed by atoms with Gasteiger partial charge in [0.15, 0.2) is 6.10 Å². The summed E-state index contributed by atoms with van der Waals surface area (Å²) in [6, 6.07) is 6.10. The van der Waals surface area contributed by atoms with E-state index < -0.39 is 18.0 Å². The molecule has 6 nitrogen and oxygen atoms in total. The van der Waals surface area contributed by atoms with E-state index in [1.807, 2.05) is 0 Å². The van der Waals surface area contributed by atoms with E-state index in [4.69, 9.17) is 10.5 Å². The smallest absolute Gasteiger partial charge is 0.338 e. The number of ether oxygens (including phenoxy) is 1. The quantitative estimate of drug-likeness (QED) is 0.767. The normalized spacial score (nSPS) is 11.4. The van der Waals surface area contributed by atoms with E-state index in [1.165, 1.54) is 26.0 Å². The van der Waals surface area contributed by atoms with Crippen molar-refractivity contribution in [3.05, 3.63) is 29.8 Å². The first kappa shape index (κ1) is 13.7. The Kier molecular flexibility index (Phi) is 4.42. The minimum atomic E-state index is -0.979. The number of anilines is 1. The van der Waals surface area contributed by atoms with Crippen LogP contribution >= 0.6 is 0 Å². The van der Waals surface area contributed by atoms with E-state index in [-0.39, 0.29) is 11.5 Å². The van der Waals surface area contributed by atoms with Gasteiger partial charge in [0.25, 0.3) is 5.91 Å². The molecular weight excluding hydrogens is 236 g/mol. The van der Waals surface area contributed by atoms with Gasteiger partial charge in [-0.25, -0.2) is 4.79 Å². The molecule has 3 N–H and O–H groups in total. The molecule has 0 saturated heterocycles. The zero-order valence-electron chi connectivity index (χ0n) is 10.1. The summed E-state index contributed by atoms with van der Waals surface area (Å²) in [7, 11) is 0. The molecule has 0 saturated carbocycles. The molecule has 1 rings (SSSR count). The molecule has 0 aliphatic rings. The third-order valence-corrected chi connectivity index (χ3v) is 2.13.